The lowest BCUT2D eigenvalue weighted by Gasteiger charge is -2.65. The molecule has 2 aromatic rings. The molecule has 10 atom stereocenters. The SMILES string of the molecule is CC(=O)OC1CC2(C(C)(C)O)C(=C1C)C(OC(=O)c1ccccc1)C(OC(C)=O)C1(C)C(OC(C)=O)CC3OCC3(OC(C)=O)C1C2OC(=O)c1ccccc1. The van der Waals surface area contributed by atoms with E-state index in [0.29, 0.717) is 5.57 Å². The standard InChI is InChI=1S/C42H48O14/c1-22-29(51-23(2)43)20-41(39(6,7)49)32(22)33(54-37(47)27-15-11-9-12-16-27)35(53-25(4)45)40(8)30(52-24(3)44)19-31-42(21-50-31,56-26(5)46)34(40)36(41)55-38(48)28-17-13-10-14-18-28/h9-18,29-31,33-36,49H,19-21H2,1-8H3. The van der Waals surface area contributed by atoms with Gasteiger partial charge < -0.3 is 38.3 Å². The maximum atomic E-state index is 14.5. The van der Waals surface area contributed by atoms with Crippen LogP contribution in [0.1, 0.15) is 88.9 Å². The molecule has 10 unspecified atom stereocenters. The Labute approximate surface area is 324 Å². The van der Waals surface area contributed by atoms with Crippen LogP contribution in [-0.2, 0) is 52.3 Å². The number of ether oxygens (including phenoxy) is 7. The molecule has 1 aliphatic heterocycles. The Morgan fingerprint density at radius 1 is 0.732 bits per heavy atom. The molecule has 300 valence electrons. The summed E-state index contributed by atoms with van der Waals surface area (Å²) in [5.74, 6) is -5.89. The summed E-state index contributed by atoms with van der Waals surface area (Å²) in [7, 11) is 0. The van der Waals surface area contributed by atoms with Gasteiger partial charge in [0.05, 0.1) is 40.1 Å². The van der Waals surface area contributed by atoms with E-state index in [1.807, 2.05) is 0 Å². The molecule has 0 radical (unpaired) electrons. The number of carbonyl (C=O) groups excluding carboxylic acids is 6. The quantitative estimate of drug-likeness (QED) is 0.214. The summed E-state index contributed by atoms with van der Waals surface area (Å²) in [5.41, 5.74) is -6.40. The predicted molar refractivity (Wildman–Crippen MR) is 194 cm³/mol. The van der Waals surface area contributed by atoms with Gasteiger partial charge in [-0.2, -0.15) is 0 Å². The molecule has 0 bridgehead atoms. The van der Waals surface area contributed by atoms with Gasteiger partial charge in [0, 0.05) is 40.5 Å². The zero-order valence-corrected chi connectivity index (χ0v) is 32.7. The largest absolute Gasteiger partial charge is 0.462 e. The lowest BCUT2D eigenvalue weighted by Crippen LogP contribution is -2.79. The summed E-state index contributed by atoms with van der Waals surface area (Å²) >= 11 is 0. The van der Waals surface area contributed by atoms with Gasteiger partial charge in [0.2, 0.25) is 0 Å². The highest BCUT2D eigenvalue weighted by molar-refractivity contribution is 5.90. The van der Waals surface area contributed by atoms with Crippen LogP contribution in [0.3, 0.4) is 0 Å². The van der Waals surface area contributed by atoms with E-state index in [9.17, 15) is 33.9 Å². The van der Waals surface area contributed by atoms with E-state index in [1.165, 1.54) is 46.8 Å². The first-order valence-corrected chi connectivity index (χ1v) is 18.6. The zero-order chi connectivity index (χ0) is 41.0. The van der Waals surface area contributed by atoms with Gasteiger partial charge >= 0.3 is 35.8 Å². The van der Waals surface area contributed by atoms with E-state index in [1.54, 1.807) is 62.4 Å². The van der Waals surface area contributed by atoms with Crippen LogP contribution in [0.2, 0.25) is 0 Å². The first kappa shape index (κ1) is 40.6. The van der Waals surface area contributed by atoms with E-state index in [2.05, 4.69) is 0 Å². The Hall–Kier alpha value is -5.08. The minimum atomic E-state index is -1.94. The third-order valence-corrected chi connectivity index (χ3v) is 12.1. The number of hydrogen-bond donors (Lipinski definition) is 1. The summed E-state index contributed by atoms with van der Waals surface area (Å²) in [4.78, 5) is 81.0. The summed E-state index contributed by atoms with van der Waals surface area (Å²) in [6.45, 7) is 10.8. The minimum absolute atomic E-state index is 0.0695. The molecule has 0 amide bonds. The fraction of sp³-hybridized carbons (Fsp3) is 0.524. The molecule has 14 heteroatoms. The van der Waals surface area contributed by atoms with Gasteiger partial charge in [-0.3, -0.25) is 19.2 Å². The van der Waals surface area contributed by atoms with Gasteiger partial charge in [0.15, 0.2) is 17.8 Å². The van der Waals surface area contributed by atoms with Crippen molar-refractivity contribution in [3.8, 4) is 0 Å². The Morgan fingerprint density at radius 3 is 1.73 bits per heavy atom. The topological polar surface area (TPSA) is 187 Å². The third kappa shape index (κ3) is 6.66. The van der Waals surface area contributed by atoms with Crippen LogP contribution in [-0.4, -0.2) is 95.4 Å². The molecule has 1 saturated heterocycles. The second-order valence-electron chi connectivity index (χ2n) is 15.9. The molecular weight excluding hydrogens is 728 g/mol. The molecule has 0 aromatic heterocycles. The van der Waals surface area contributed by atoms with E-state index < -0.39 is 100 Å². The van der Waals surface area contributed by atoms with Gasteiger partial charge in [-0.15, -0.1) is 0 Å². The van der Waals surface area contributed by atoms with Crippen molar-refractivity contribution < 1.29 is 67.0 Å². The molecule has 3 aliphatic carbocycles. The normalized spacial score (nSPS) is 33.2. The zero-order valence-electron chi connectivity index (χ0n) is 32.7. The average Bonchev–Trinajstić information content (AvgIpc) is 3.37. The number of hydrogen-bond acceptors (Lipinski definition) is 14. The molecule has 2 saturated carbocycles. The van der Waals surface area contributed by atoms with E-state index >= 15 is 0 Å². The summed E-state index contributed by atoms with van der Waals surface area (Å²) in [6, 6.07) is 16.1. The van der Waals surface area contributed by atoms with Gasteiger partial charge in [-0.05, 0) is 56.2 Å². The Balaban J connectivity index is 1.77. The van der Waals surface area contributed by atoms with Crippen LogP contribution in [0.25, 0.3) is 0 Å². The van der Waals surface area contributed by atoms with Crippen molar-refractivity contribution >= 4 is 35.8 Å². The van der Waals surface area contributed by atoms with Gasteiger partial charge in [0.1, 0.15) is 24.4 Å². The highest BCUT2D eigenvalue weighted by atomic mass is 16.6. The number of aliphatic hydroxyl groups is 1. The smallest absolute Gasteiger partial charge is 0.338 e. The molecule has 0 spiro atoms. The van der Waals surface area contributed by atoms with Crippen molar-refractivity contribution in [2.24, 2.45) is 16.7 Å². The number of rotatable bonds is 9. The second kappa shape index (κ2) is 14.8. The molecule has 3 fully saturated rings. The molecule has 14 nitrogen and oxygen atoms in total. The van der Waals surface area contributed by atoms with Gasteiger partial charge in [-0.1, -0.05) is 43.3 Å². The highest BCUT2D eigenvalue weighted by Gasteiger charge is 2.81. The van der Waals surface area contributed by atoms with Crippen molar-refractivity contribution in [2.45, 2.75) is 116 Å². The summed E-state index contributed by atoms with van der Waals surface area (Å²) in [5, 5.41) is 12.8. The van der Waals surface area contributed by atoms with Gasteiger partial charge in [0.25, 0.3) is 0 Å². The number of esters is 6. The average molecular weight is 777 g/mol. The van der Waals surface area contributed by atoms with Crippen LogP contribution in [0, 0.1) is 16.7 Å². The second-order valence-corrected chi connectivity index (χ2v) is 15.9. The maximum absolute atomic E-state index is 14.5. The molecule has 2 aromatic carbocycles. The molecule has 6 rings (SSSR count). The minimum Gasteiger partial charge on any atom is -0.462 e. The van der Waals surface area contributed by atoms with Crippen LogP contribution in [0.5, 0.6) is 0 Å². The van der Waals surface area contributed by atoms with Crippen molar-refractivity contribution in [2.75, 3.05) is 6.61 Å². The molecule has 1 heterocycles. The Morgan fingerprint density at radius 2 is 1.27 bits per heavy atom. The Kier molecular flexibility index (Phi) is 10.7. The summed E-state index contributed by atoms with van der Waals surface area (Å²) < 4.78 is 43.8. The van der Waals surface area contributed by atoms with Crippen LogP contribution in [0.4, 0.5) is 0 Å². The van der Waals surface area contributed by atoms with E-state index in [-0.39, 0.29) is 36.1 Å². The fourth-order valence-corrected chi connectivity index (χ4v) is 9.86. The van der Waals surface area contributed by atoms with Crippen molar-refractivity contribution in [1.29, 1.82) is 0 Å². The number of carbonyl (C=O) groups is 6. The Bertz CT molecular complexity index is 1930. The van der Waals surface area contributed by atoms with Crippen LogP contribution in [0.15, 0.2) is 71.8 Å². The monoisotopic (exact) mass is 776 g/mol. The van der Waals surface area contributed by atoms with Crippen molar-refractivity contribution in [3.63, 3.8) is 0 Å². The lowest BCUT2D eigenvalue weighted by molar-refractivity contribution is -0.352. The number of fused-ring (bicyclic) bond motifs is 4. The third-order valence-electron chi connectivity index (χ3n) is 12.1. The molecule has 4 aliphatic rings. The highest BCUT2D eigenvalue weighted by Crippen LogP contribution is 2.69. The molecule has 56 heavy (non-hydrogen) atoms. The van der Waals surface area contributed by atoms with E-state index in [0.717, 1.165) is 6.92 Å². The molecular formula is C42H48O14. The summed E-state index contributed by atoms with van der Waals surface area (Å²) in [6.07, 6.45) is -8.24. The van der Waals surface area contributed by atoms with Crippen LogP contribution >= 0.6 is 0 Å². The predicted octanol–water partition coefficient (Wildman–Crippen LogP) is 4.45. The van der Waals surface area contributed by atoms with Crippen LogP contribution < -0.4 is 0 Å². The maximum Gasteiger partial charge on any atom is 0.338 e. The van der Waals surface area contributed by atoms with Gasteiger partial charge in [-0.25, -0.2) is 9.59 Å². The van der Waals surface area contributed by atoms with E-state index in [4.69, 9.17) is 33.2 Å². The first-order chi connectivity index (χ1) is 26.3. The van der Waals surface area contributed by atoms with Crippen molar-refractivity contribution in [1.82, 2.24) is 0 Å². The van der Waals surface area contributed by atoms with Crippen molar-refractivity contribution in [3.05, 3.63) is 82.9 Å². The first-order valence-electron chi connectivity index (χ1n) is 18.6. The molecule has 1 N–H and O–H groups in total. The lowest BCUT2D eigenvalue weighted by atomic mass is 9.49. The number of benzene rings is 2. The fourth-order valence-electron chi connectivity index (χ4n) is 9.86.